The number of benzene rings is 1. The lowest BCUT2D eigenvalue weighted by atomic mass is 10.1. The first-order chi connectivity index (χ1) is 10.7. The van der Waals surface area contributed by atoms with E-state index in [9.17, 15) is 18.0 Å². The lowest BCUT2D eigenvalue weighted by molar-refractivity contribution is -0.145. The van der Waals surface area contributed by atoms with E-state index in [1.165, 1.54) is 12.1 Å². The minimum absolute atomic E-state index is 0.0187. The summed E-state index contributed by atoms with van der Waals surface area (Å²) in [4.78, 5) is 15.7. The van der Waals surface area contributed by atoms with E-state index in [-0.39, 0.29) is 32.4 Å². The van der Waals surface area contributed by atoms with Gasteiger partial charge in [0.2, 0.25) is 5.82 Å². The number of hydrogen-bond acceptors (Lipinski definition) is 5. The molecule has 2 heterocycles. The van der Waals surface area contributed by atoms with Gasteiger partial charge in [-0.2, -0.15) is 13.2 Å². The maximum Gasteiger partial charge on any atom is 0.452 e. The summed E-state index contributed by atoms with van der Waals surface area (Å²) < 4.78 is 44.6. The van der Waals surface area contributed by atoms with E-state index in [0.717, 1.165) is 7.11 Å². The Morgan fingerprint density at radius 2 is 1.96 bits per heavy atom. The molecule has 0 aliphatic carbocycles. The van der Waals surface area contributed by atoms with Gasteiger partial charge in [0.1, 0.15) is 5.52 Å². The highest BCUT2D eigenvalue weighted by atomic mass is 35.5. The third kappa shape index (κ3) is 2.45. The second-order valence-electron chi connectivity index (χ2n) is 4.40. The Balaban J connectivity index is 2.55. The number of rotatable bonds is 1. The minimum atomic E-state index is -4.79. The highest BCUT2D eigenvalue weighted by Gasteiger charge is 2.38. The summed E-state index contributed by atoms with van der Waals surface area (Å²) >= 11 is 11.8. The lowest BCUT2D eigenvalue weighted by Gasteiger charge is -2.10. The number of alkyl halides is 3. The fourth-order valence-electron chi connectivity index (χ4n) is 2.12. The number of methoxy groups -OCH3 is 1. The molecule has 1 aromatic carbocycles. The summed E-state index contributed by atoms with van der Waals surface area (Å²) in [5.74, 6) is -2.12. The van der Waals surface area contributed by atoms with Crippen LogP contribution in [0, 0.1) is 0 Å². The van der Waals surface area contributed by atoms with Crippen molar-refractivity contribution in [2.24, 2.45) is 0 Å². The molecule has 0 saturated heterocycles. The summed E-state index contributed by atoms with van der Waals surface area (Å²) in [5, 5.41) is 6.18. The molecular weight excluding hydrogens is 360 g/mol. The molecule has 0 spiro atoms. The van der Waals surface area contributed by atoms with E-state index in [4.69, 9.17) is 23.2 Å². The van der Waals surface area contributed by atoms with Crippen LogP contribution in [0.1, 0.15) is 16.2 Å². The molecule has 6 nitrogen and oxygen atoms in total. The molecule has 0 atom stereocenters. The fraction of sp³-hybridized carbons (Fsp3) is 0.167. The topological polar surface area (TPSA) is 69.4 Å². The Kier molecular flexibility index (Phi) is 3.56. The predicted molar refractivity (Wildman–Crippen MR) is 74.6 cm³/mol. The van der Waals surface area contributed by atoms with Crippen molar-refractivity contribution in [2.45, 2.75) is 6.18 Å². The molecule has 2 aromatic heterocycles. The van der Waals surface area contributed by atoms with Crippen LogP contribution in [-0.4, -0.2) is 32.7 Å². The first-order valence-corrected chi connectivity index (χ1v) is 6.69. The number of aromatic nitrogens is 4. The maximum absolute atomic E-state index is 13.1. The van der Waals surface area contributed by atoms with Gasteiger partial charge in [0.25, 0.3) is 0 Å². The highest BCUT2D eigenvalue weighted by molar-refractivity contribution is 6.33. The van der Waals surface area contributed by atoms with Crippen LogP contribution in [0.4, 0.5) is 13.2 Å². The van der Waals surface area contributed by atoms with E-state index in [0.29, 0.717) is 4.40 Å². The van der Waals surface area contributed by atoms with Gasteiger partial charge in [0.15, 0.2) is 10.8 Å². The maximum atomic E-state index is 13.1. The number of nitrogens with zero attached hydrogens (tertiary/aromatic N) is 4. The first kappa shape index (κ1) is 15.8. The molecule has 0 radical (unpaired) electrons. The molecule has 0 fully saturated rings. The molecule has 0 unspecified atom stereocenters. The number of hydrogen-bond donors (Lipinski definition) is 0. The zero-order valence-corrected chi connectivity index (χ0v) is 12.7. The number of fused-ring (bicyclic) bond motifs is 3. The van der Waals surface area contributed by atoms with Crippen molar-refractivity contribution in [1.29, 1.82) is 0 Å². The summed E-state index contributed by atoms with van der Waals surface area (Å²) in [5.41, 5.74) is -0.649. The molecule has 0 aliphatic rings. The van der Waals surface area contributed by atoms with Crippen molar-refractivity contribution in [1.82, 2.24) is 19.6 Å². The molecule has 23 heavy (non-hydrogen) atoms. The third-order valence-corrected chi connectivity index (χ3v) is 3.48. The predicted octanol–water partition coefficient (Wildman–Crippen LogP) is 3.39. The Labute approximate surface area is 135 Å². The number of esters is 1. The van der Waals surface area contributed by atoms with Gasteiger partial charge in [-0.25, -0.2) is 9.78 Å². The zero-order valence-electron chi connectivity index (χ0n) is 11.1. The largest absolute Gasteiger partial charge is 0.465 e. The minimum Gasteiger partial charge on any atom is -0.465 e. The molecule has 120 valence electrons. The number of halogens is 5. The molecule has 0 N–H and O–H groups in total. The third-order valence-electron chi connectivity index (χ3n) is 3.01. The summed E-state index contributed by atoms with van der Waals surface area (Å²) in [6.45, 7) is 0. The molecule has 11 heteroatoms. The Hall–Kier alpha value is -2.13. The van der Waals surface area contributed by atoms with Crippen LogP contribution in [0.3, 0.4) is 0 Å². The van der Waals surface area contributed by atoms with Gasteiger partial charge >= 0.3 is 12.1 Å². The monoisotopic (exact) mass is 364 g/mol. The standard InChI is InChI=1S/C12H5Cl2F3N4O2/c1-23-10(22)5-2-4(13)3-6-7(5)18-8(14)9-19-20-11(21(6)9)12(15,16)17/h2-3H,1H3. The van der Waals surface area contributed by atoms with E-state index >= 15 is 0 Å². The first-order valence-electron chi connectivity index (χ1n) is 5.93. The summed E-state index contributed by atoms with van der Waals surface area (Å²) in [6.07, 6.45) is -4.79. The number of carbonyl (C=O) groups excluding carboxylic acids is 1. The van der Waals surface area contributed by atoms with Gasteiger partial charge in [-0.15, -0.1) is 10.2 Å². The van der Waals surface area contributed by atoms with Gasteiger partial charge in [0, 0.05) is 5.02 Å². The average Bonchev–Trinajstić information content (AvgIpc) is 2.92. The average molecular weight is 365 g/mol. The normalized spacial score (nSPS) is 12.1. The second kappa shape index (κ2) is 5.20. The van der Waals surface area contributed by atoms with Gasteiger partial charge in [-0.05, 0) is 12.1 Å². The van der Waals surface area contributed by atoms with E-state index < -0.39 is 18.0 Å². The van der Waals surface area contributed by atoms with E-state index in [1.807, 2.05) is 0 Å². The van der Waals surface area contributed by atoms with Crippen LogP contribution in [-0.2, 0) is 10.9 Å². The molecule has 3 rings (SSSR count). The number of carbonyl (C=O) groups is 1. The van der Waals surface area contributed by atoms with Crippen LogP contribution in [0.25, 0.3) is 16.7 Å². The summed E-state index contributed by atoms with van der Waals surface area (Å²) in [7, 11) is 1.12. The molecule has 0 aliphatic heterocycles. The van der Waals surface area contributed by atoms with Crippen LogP contribution >= 0.6 is 23.2 Å². The highest BCUT2D eigenvalue weighted by Crippen LogP contribution is 2.33. The lowest BCUT2D eigenvalue weighted by Crippen LogP contribution is -2.12. The Bertz CT molecular complexity index is 955. The van der Waals surface area contributed by atoms with Crippen molar-refractivity contribution < 1.29 is 22.7 Å². The molecule has 0 bridgehead atoms. The smallest absolute Gasteiger partial charge is 0.452 e. The fourth-order valence-corrected chi connectivity index (χ4v) is 2.54. The quantitative estimate of drug-likeness (QED) is 0.619. The molecular formula is C12H5Cl2F3N4O2. The van der Waals surface area contributed by atoms with E-state index in [1.54, 1.807) is 0 Å². The zero-order chi connectivity index (χ0) is 16.9. The SMILES string of the molecule is COC(=O)c1cc(Cl)cc2c1nc(Cl)c1nnc(C(F)(F)F)n12. The van der Waals surface area contributed by atoms with E-state index in [2.05, 4.69) is 19.9 Å². The van der Waals surface area contributed by atoms with Crippen LogP contribution < -0.4 is 0 Å². The molecule has 3 aromatic rings. The summed E-state index contributed by atoms with van der Waals surface area (Å²) in [6, 6.07) is 2.43. The van der Waals surface area contributed by atoms with Gasteiger partial charge in [0.05, 0.1) is 18.2 Å². The Morgan fingerprint density at radius 3 is 2.57 bits per heavy atom. The second-order valence-corrected chi connectivity index (χ2v) is 5.19. The molecule has 0 saturated carbocycles. The van der Waals surface area contributed by atoms with Gasteiger partial charge in [-0.1, -0.05) is 23.2 Å². The Morgan fingerprint density at radius 1 is 1.26 bits per heavy atom. The van der Waals surface area contributed by atoms with Crippen LogP contribution in [0.2, 0.25) is 10.2 Å². The number of ether oxygens (including phenoxy) is 1. The van der Waals surface area contributed by atoms with Crippen LogP contribution in [0.15, 0.2) is 12.1 Å². The van der Waals surface area contributed by atoms with Crippen molar-refractivity contribution in [3.05, 3.63) is 33.7 Å². The van der Waals surface area contributed by atoms with Crippen LogP contribution in [0.5, 0.6) is 0 Å². The van der Waals surface area contributed by atoms with Crippen molar-refractivity contribution in [3.8, 4) is 0 Å². The van der Waals surface area contributed by atoms with Crippen molar-refractivity contribution >= 4 is 45.9 Å². The van der Waals surface area contributed by atoms with Crippen molar-refractivity contribution in [2.75, 3.05) is 7.11 Å². The van der Waals surface area contributed by atoms with Crippen molar-refractivity contribution in [3.63, 3.8) is 0 Å². The molecule has 0 amide bonds. The van der Waals surface area contributed by atoms with Gasteiger partial charge < -0.3 is 4.74 Å². The van der Waals surface area contributed by atoms with Gasteiger partial charge in [-0.3, -0.25) is 4.40 Å².